The molecule has 2 aliphatic rings. The van der Waals surface area contributed by atoms with Gasteiger partial charge in [-0.1, -0.05) is 6.08 Å². The van der Waals surface area contributed by atoms with Gasteiger partial charge in [-0.25, -0.2) is 8.42 Å². The number of anilines is 1. The monoisotopic (exact) mass is 304 g/mol. The van der Waals surface area contributed by atoms with Crippen molar-refractivity contribution < 1.29 is 18.0 Å². The van der Waals surface area contributed by atoms with E-state index in [-0.39, 0.29) is 45.4 Å². The predicted molar refractivity (Wildman–Crippen MR) is 76.4 cm³/mol. The molecule has 0 atom stereocenters. The van der Waals surface area contributed by atoms with Gasteiger partial charge in [-0.2, -0.15) is 0 Å². The normalized spacial score (nSPS) is 19.3. The molecule has 0 aromatic heterocycles. The number of fused-ring (bicyclic) bond motifs is 1. The third-order valence-electron chi connectivity index (χ3n) is 3.51. The fraction of sp³-hybridized carbons (Fsp3) is 0.143. The van der Waals surface area contributed by atoms with Crippen LogP contribution in [-0.2, 0) is 14.6 Å². The second-order valence-corrected chi connectivity index (χ2v) is 6.69. The fourth-order valence-electron chi connectivity index (χ4n) is 2.43. The topological polar surface area (TPSA) is 106 Å². The summed E-state index contributed by atoms with van der Waals surface area (Å²) in [4.78, 5) is 23.2. The first-order valence-corrected chi connectivity index (χ1v) is 7.75. The Morgan fingerprint density at radius 1 is 1.29 bits per heavy atom. The first-order valence-electron chi connectivity index (χ1n) is 6.27. The SMILES string of the molecule is NC(=O)c1ccc2c(c1)NCC1=C(C=CCC1=O)S2(=O)=O. The molecule has 0 radical (unpaired) electrons. The van der Waals surface area contributed by atoms with Crippen LogP contribution in [0.2, 0.25) is 0 Å². The number of nitrogens with one attached hydrogen (secondary N) is 1. The Hall–Kier alpha value is -2.41. The Morgan fingerprint density at radius 2 is 2.05 bits per heavy atom. The molecule has 1 aliphatic heterocycles. The minimum absolute atomic E-state index is 0.0248. The second-order valence-electron chi connectivity index (χ2n) is 4.80. The number of ketones is 1. The van der Waals surface area contributed by atoms with Crippen LogP contribution in [0.1, 0.15) is 16.8 Å². The number of nitrogens with two attached hydrogens (primary N) is 1. The van der Waals surface area contributed by atoms with E-state index in [2.05, 4.69) is 5.32 Å². The Labute approximate surface area is 121 Å². The largest absolute Gasteiger partial charge is 0.380 e. The van der Waals surface area contributed by atoms with Crippen molar-refractivity contribution in [2.45, 2.75) is 11.3 Å². The molecule has 3 N–H and O–H groups in total. The van der Waals surface area contributed by atoms with Gasteiger partial charge in [-0.3, -0.25) is 9.59 Å². The highest BCUT2D eigenvalue weighted by molar-refractivity contribution is 7.95. The number of sulfone groups is 1. The number of amides is 1. The Morgan fingerprint density at radius 3 is 2.76 bits per heavy atom. The summed E-state index contributed by atoms with van der Waals surface area (Å²) in [5.41, 5.74) is 5.93. The number of carbonyl (C=O) groups is 2. The van der Waals surface area contributed by atoms with Crippen LogP contribution in [0.3, 0.4) is 0 Å². The van der Waals surface area contributed by atoms with Crippen molar-refractivity contribution in [1.29, 1.82) is 0 Å². The molecule has 7 heteroatoms. The zero-order valence-corrected chi connectivity index (χ0v) is 11.7. The summed E-state index contributed by atoms with van der Waals surface area (Å²) in [6, 6.07) is 4.09. The molecule has 21 heavy (non-hydrogen) atoms. The van der Waals surface area contributed by atoms with Crippen LogP contribution in [0.25, 0.3) is 0 Å². The number of carbonyl (C=O) groups excluding carboxylic acids is 2. The lowest BCUT2D eigenvalue weighted by Gasteiger charge is -2.11. The fourth-order valence-corrected chi connectivity index (χ4v) is 4.12. The van der Waals surface area contributed by atoms with E-state index in [0.717, 1.165) is 0 Å². The van der Waals surface area contributed by atoms with E-state index in [0.29, 0.717) is 0 Å². The van der Waals surface area contributed by atoms with Gasteiger partial charge < -0.3 is 11.1 Å². The zero-order chi connectivity index (χ0) is 15.2. The molecule has 1 aliphatic carbocycles. The summed E-state index contributed by atoms with van der Waals surface area (Å²) in [6.07, 6.45) is 3.20. The van der Waals surface area contributed by atoms with Crippen molar-refractivity contribution in [2.75, 3.05) is 11.9 Å². The van der Waals surface area contributed by atoms with Gasteiger partial charge in [0.1, 0.15) is 0 Å². The lowest BCUT2D eigenvalue weighted by Crippen LogP contribution is -2.17. The molecule has 3 rings (SSSR count). The van der Waals surface area contributed by atoms with Crippen molar-refractivity contribution in [3.8, 4) is 0 Å². The predicted octanol–water partition coefficient (Wildman–Crippen LogP) is 0.768. The molecular weight excluding hydrogens is 292 g/mol. The van der Waals surface area contributed by atoms with Gasteiger partial charge in [-0.05, 0) is 24.3 Å². The number of benzene rings is 1. The van der Waals surface area contributed by atoms with Crippen LogP contribution in [0, 0.1) is 0 Å². The maximum atomic E-state index is 12.7. The van der Waals surface area contributed by atoms with E-state index in [1.54, 1.807) is 6.08 Å². The number of allylic oxidation sites excluding steroid dienone is 2. The van der Waals surface area contributed by atoms with Crippen molar-refractivity contribution in [2.24, 2.45) is 5.73 Å². The van der Waals surface area contributed by atoms with E-state index in [4.69, 9.17) is 5.73 Å². The van der Waals surface area contributed by atoms with Crippen LogP contribution in [0.5, 0.6) is 0 Å². The van der Waals surface area contributed by atoms with Crippen LogP contribution in [-0.4, -0.2) is 26.7 Å². The van der Waals surface area contributed by atoms with Crippen LogP contribution >= 0.6 is 0 Å². The first-order chi connectivity index (χ1) is 9.91. The molecule has 0 unspecified atom stereocenters. The van der Waals surface area contributed by atoms with Crippen LogP contribution < -0.4 is 11.1 Å². The van der Waals surface area contributed by atoms with E-state index in [9.17, 15) is 18.0 Å². The minimum Gasteiger partial charge on any atom is -0.380 e. The van der Waals surface area contributed by atoms with Gasteiger partial charge in [0, 0.05) is 24.1 Å². The van der Waals surface area contributed by atoms with E-state index < -0.39 is 15.7 Å². The minimum atomic E-state index is -3.80. The van der Waals surface area contributed by atoms with Gasteiger partial charge in [0.25, 0.3) is 0 Å². The molecule has 1 aromatic rings. The summed E-state index contributed by atoms with van der Waals surface area (Å²) in [5.74, 6) is -0.860. The molecule has 0 spiro atoms. The molecule has 1 aromatic carbocycles. The Bertz CT molecular complexity index is 835. The highest BCUT2D eigenvalue weighted by Crippen LogP contribution is 2.35. The Balaban J connectivity index is 2.23. The summed E-state index contributed by atoms with van der Waals surface area (Å²) >= 11 is 0. The summed E-state index contributed by atoms with van der Waals surface area (Å²) < 4.78 is 25.3. The number of hydrogen-bond acceptors (Lipinski definition) is 5. The van der Waals surface area contributed by atoms with Gasteiger partial charge in [-0.15, -0.1) is 0 Å². The molecule has 0 bridgehead atoms. The van der Waals surface area contributed by atoms with Crippen LogP contribution in [0.15, 0.2) is 45.7 Å². The lowest BCUT2D eigenvalue weighted by molar-refractivity contribution is -0.114. The highest BCUT2D eigenvalue weighted by Gasteiger charge is 2.32. The average molecular weight is 304 g/mol. The van der Waals surface area contributed by atoms with Crippen molar-refractivity contribution >= 4 is 27.2 Å². The Kier molecular flexibility index (Phi) is 2.94. The van der Waals surface area contributed by atoms with Gasteiger partial charge in [0.15, 0.2) is 5.78 Å². The van der Waals surface area contributed by atoms with Gasteiger partial charge in [0.05, 0.1) is 15.5 Å². The van der Waals surface area contributed by atoms with Crippen molar-refractivity contribution in [3.05, 3.63) is 46.4 Å². The molecule has 0 saturated heterocycles. The number of primary amides is 1. The maximum Gasteiger partial charge on any atom is 0.248 e. The van der Waals surface area contributed by atoms with Gasteiger partial charge in [0.2, 0.25) is 15.7 Å². The zero-order valence-electron chi connectivity index (χ0n) is 10.9. The first kappa shape index (κ1) is 13.6. The summed E-state index contributed by atoms with van der Waals surface area (Å²) in [5, 5.41) is 2.91. The highest BCUT2D eigenvalue weighted by atomic mass is 32.2. The van der Waals surface area contributed by atoms with Crippen LogP contribution in [0.4, 0.5) is 5.69 Å². The molecule has 1 amide bonds. The third kappa shape index (κ3) is 2.06. The third-order valence-corrected chi connectivity index (χ3v) is 5.40. The molecular formula is C14H12N2O4S. The van der Waals surface area contributed by atoms with E-state index >= 15 is 0 Å². The molecule has 0 saturated carbocycles. The molecule has 0 fully saturated rings. The molecule has 6 nitrogen and oxygen atoms in total. The smallest absolute Gasteiger partial charge is 0.248 e. The van der Waals surface area contributed by atoms with Gasteiger partial charge >= 0.3 is 0 Å². The quantitative estimate of drug-likeness (QED) is 0.797. The molecule has 108 valence electrons. The van der Waals surface area contributed by atoms with Crippen molar-refractivity contribution in [1.82, 2.24) is 0 Å². The number of hydrogen-bond donors (Lipinski definition) is 2. The summed E-state index contributed by atoms with van der Waals surface area (Å²) in [6.45, 7) is 0.104. The average Bonchev–Trinajstić information content (AvgIpc) is 2.55. The second kappa shape index (κ2) is 4.56. The van der Waals surface area contributed by atoms with Crippen molar-refractivity contribution in [3.63, 3.8) is 0 Å². The standard InChI is InChI=1S/C14H12N2O4S/c15-14(18)8-4-5-13-10(6-8)16-7-9-11(17)2-1-3-12(9)21(13,19)20/h1,3-6,16H,2,7H2,(H2,15,18). The van der Waals surface area contributed by atoms with E-state index in [1.165, 1.54) is 24.3 Å². The number of rotatable bonds is 1. The lowest BCUT2D eigenvalue weighted by atomic mass is 10.0. The van der Waals surface area contributed by atoms with E-state index in [1.807, 2.05) is 0 Å². The maximum absolute atomic E-state index is 12.7. The number of Topliss-reactive ketones (excluding diaryl/α,β-unsaturated/α-hetero) is 1. The summed E-state index contributed by atoms with van der Waals surface area (Å²) in [7, 11) is -3.80. The molecule has 1 heterocycles.